The molecule has 0 radical (unpaired) electrons. The standard InChI is InChI=1S/C10H16N2O3/c1-4-15-9-8(10(13)14)5-11-12(9)6-7(2)3/h5,7H,4,6H2,1-3H3,(H,13,14). The fraction of sp³-hybridized carbons (Fsp3) is 0.600. The molecule has 0 atom stereocenters. The molecule has 5 heteroatoms. The van der Waals surface area contributed by atoms with Crippen LogP contribution in [0.2, 0.25) is 0 Å². The first-order chi connectivity index (χ1) is 7.06. The van der Waals surface area contributed by atoms with Gasteiger partial charge in [0.05, 0.1) is 12.8 Å². The summed E-state index contributed by atoms with van der Waals surface area (Å²) >= 11 is 0. The van der Waals surface area contributed by atoms with E-state index in [-0.39, 0.29) is 5.56 Å². The van der Waals surface area contributed by atoms with Crippen LogP contribution in [0.5, 0.6) is 5.88 Å². The van der Waals surface area contributed by atoms with Gasteiger partial charge in [0, 0.05) is 6.54 Å². The average molecular weight is 212 g/mol. The largest absolute Gasteiger partial charge is 0.478 e. The number of carboxylic acids is 1. The van der Waals surface area contributed by atoms with Crippen molar-refractivity contribution >= 4 is 5.97 Å². The monoisotopic (exact) mass is 212 g/mol. The fourth-order valence-corrected chi connectivity index (χ4v) is 1.29. The summed E-state index contributed by atoms with van der Waals surface area (Å²) in [6.07, 6.45) is 1.33. The first kappa shape index (κ1) is 11.6. The molecule has 0 bridgehead atoms. The zero-order chi connectivity index (χ0) is 11.4. The second-order valence-electron chi connectivity index (χ2n) is 3.68. The zero-order valence-corrected chi connectivity index (χ0v) is 9.23. The summed E-state index contributed by atoms with van der Waals surface area (Å²) < 4.78 is 6.88. The van der Waals surface area contributed by atoms with E-state index in [1.54, 1.807) is 4.68 Å². The van der Waals surface area contributed by atoms with Crippen LogP contribution < -0.4 is 4.74 Å². The third-order valence-corrected chi connectivity index (χ3v) is 1.84. The van der Waals surface area contributed by atoms with Gasteiger partial charge in [0.15, 0.2) is 0 Å². The van der Waals surface area contributed by atoms with E-state index in [0.29, 0.717) is 24.9 Å². The van der Waals surface area contributed by atoms with Gasteiger partial charge in [-0.1, -0.05) is 13.8 Å². The molecule has 0 unspecified atom stereocenters. The Kier molecular flexibility index (Phi) is 3.71. The summed E-state index contributed by atoms with van der Waals surface area (Å²) in [7, 11) is 0. The number of rotatable bonds is 5. The van der Waals surface area contributed by atoms with Crippen LogP contribution in [0.1, 0.15) is 31.1 Å². The third kappa shape index (κ3) is 2.71. The highest BCUT2D eigenvalue weighted by Crippen LogP contribution is 2.19. The van der Waals surface area contributed by atoms with Crippen molar-refractivity contribution in [3.05, 3.63) is 11.8 Å². The van der Waals surface area contributed by atoms with Crippen molar-refractivity contribution in [2.75, 3.05) is 6.61 Å². The van der Waals surface area contributed by atoms with Gasteiger partial charge in [0.25, 0.3) is 0 Å². The maximum atomic E-state index is 10.9. The molecule has 0 spiro atoms. The number of hydrogen-bond acceptors (Lipinski definition) is 3. The number of nitrogens with zero attached hydrogens (tertiary/aromatic N) is 2. The highest BCUT2D eigenvalue weighted by Gasteiger charge is 2.18. The van der Waals surface area contributed by atoms with Gasteiger partial charge in [-0.15, -0.1) is 0 Å². The van der Waals surface area contributed by atoms with E-state index in [1.807, 2.05) is 20.8 Å². The van der Waals surface area contributed by atoms with Crippen molar-refractivity contribution in [2.45, 2.75) is 27.3 Å². The van der Waals surface area contributed by atoms with Crippen molar-refractivity contribution < 1.29 is 14.6 Å². The normalized spacial score (nSPS) is 10.7. The third-order valence-electron chi connectivity index (χ3n) is 1.84. The van der Waals surface area contributed by atoms with Crippen molar-refractivity contribution in [3.63, 3.8) is 0 Å². The molecule has 0 saturated heterocycles. The van der Waals surface area contributed by atoms with Crippen LogP contribution >= 0.6 is 0 Å². The Balaban J connectivity index is 3.00. The molecule has 84 valence electrons. The van der Waals surface area contributed by atoms with Gasteiger partial charge in [0.1, 0.15) is 5.56 Å². The number of aromatic carboxylic acids is 1. The molecule has 1 heterocycles. The summed E-state index contributed by atoms with van der Waals surface area (Å²) in [6.45, 7) is 6.99. The minimum atomic E-state index is -1.01. The van der Waals surface area contributed by atoms with E-state index in [9.17, 15) is 4.79 Å². The van der Waals surface area contributed by atoms with Crippen LogP contribution in [-0.4, -0.2) is 27.5 Å². The smallest absolute Gasteiger partial charge is 0.342 e. The minimum Gasteiger partial charge on any atom is -0.478 e. The Morgan fingerprint density at radius 1 is 1.67 bits per heavy atom. The first-order valence-corrected chi connectivity index (χ1v) is 4.98. The van der Waals surface area contributed by atoms with Crippen molar-refractivity contribution in [1.29, 1.82) is 0 Å². The van der Waals surface area contributed by atoms with E-state index >= 15 is 0 Å². The predicted molar refractivity (Wildman–Crippen MR) is 55.2 cm³/mol. The van der Waals surface area contributed by atoms with E-state index in [4.69, 9.17) is 9.84 Å². The zero-order valence-electron chi connectivity index (χ0n) is 9.23. The van der Waals surface area contributed by atoms with Crippen LogP contribution in [0.15, 0.2) is 6.20 Å². The van der Waals surface area contributed by atoms with E-state index in [0.717, 1.165) is 0 Å². The predicted octanol–water partition coefficient (Wildman–Crippen LogP) is 1.64. The molecule has 1 aromatic rings. The fourth-order valence-electron chi connectivity index (χ4n) is 1.29. The van der Waals surface area contributed by atoms with E-state index < -0.39 is 5.97 Å². The Morgan fingerprint density at radius 2 is 2.33 bits per heavy atom. The van der Waals surface area contributed by atoms with Crippen LogP contribution in [0.25, 0.3) is 0 Å². The highest BCUT2D eigenvalue weighted by molar-refractivity contribution is 5.89. The van der Waals surface area contributed by atoms with E-state index in [2.05, 4.69) is 5.10 Å². The Bertz CT molecular complexity index is 344. The molecular formula is C10H16N2O3. The Labute approximate surface area is 88.7 Å². The first-order valence-electron chi connectivity index (χ1n) is 4.98. The molecule has 0 fully saturated rings. The molecule has 1 rings (SSSR count). The maximum Gasteiger partial charge on any atom is 0.342 e. The molecule has 1 N–H and O–H groups in total. The summed E-state index contributed by atoms with van der Waals surface area (Å²) in [4.78, 5) is 10.9. The van der Waals surface area contributed by atoms with Gasteiger partial charge < -0.3 is 9.84 Å². The molecule has 0 aliphatic rings. The van der Waals surface area contributed by atoms with Gasteiger partial charge in [-0.25, -0.2) is 9.48 Å². The number of carbonyl (C=O) groups is 1. The van der Waals surface area contributed by atoms with Crippen molar-refractivity contribution in [2.24, 2.45) is 5.92 Å². The van der Waals surface area contributed by atoms with Crippen LogP contribution in [-0.2, 0) is 6.54 Å². The lowest BCUT2D eigenvalue weighted by Crippen LogP contribution is -2.10. The molecule has 0 saturated carbocycles. The second kappa shape index (κ2) is 4.82. The lowest BCUT2D eigenvalue weighted by atomic mass is 10.2. The number of ether oxygens (including phenoxy) is 1. The van der Waals surface area contributed by atoms with Crippen molar-refractivity contribution in [3.8, 4) is 5.88 Å². The average Bonchev–Trinajstić information content (AvgIpc) is 2.48. The molecule has 5 nitrogen and oxygen atoms in total. The molecule has 0 aromatic carbocycles. The van der Waals surface area contributed by atoms with Gasteiger partial charge in [-0.3, -0.25) is 0 Å². The molecule has 0 aliphatic heterocycles. The van der Waals surface area contributed by atoms with Gasteiger partial charge in [-0.2, -0.15) is 5.10 Å². The summed E-state index contributed by atoms with van der Waals surface area (Å²) in [5.74, 6) is -0.266. The van der Waals surface area contributed by atoms with Crippen LogP contribution in [0.4, 0.5) is 0 Å². The summed E-state index contributed by atoms with van der Waals surface area (Å²) in [5, 5.41) is 12.9. The molecule has 1 aromatic heterocycles. The van der Waals surface area contributed by atoms with Gasteiger partial charge in [0.2, 0.25) is 5.88 Å². The SMILES string of the molecule is CCOc1c(C(=O)O)cnn1CC(C)C. The molecule has 0 aliphatic carbocycles. The number of carboxylic acid groups (broad SMARTS) is 1. The van der Waals surface area contributed by atoms with Crippen LogP contribution in [0, 0.1) is 5.92 Å². The second-order valence-corrected chi connectivity index (χ2v) is 3.68. The molecule has 0 amide bonds. The lowest BCUT2D eigenvalue weighted by Gasteiger charge is -2.10. The summed E-state index contributed by atoms with van der Waals surface area (Å²) in [5.41, 5.74) is 0.123. The highest BCUT2D eigenvalue weighted by atomic mass is 16.5. The molecular weight excluding hydrogens is 196 g/mol. The Hall–Kier alpha value is -1.52. The van der Waals surface area contributed by atoms with E-state index in [1.165, 1.54) is 6.20 Å². The molecule has 15 heavy (non-hydrogen) atoms. The lowest BCUT2D eigenvalue weighted by molar-refractivity contribution is 0.0691. The maximum absolute atomic E-state index is 10.9. The minimum absolute atomic E-state index is 0.123. The quantitative estimate of drug-likeness (QED) is 0.805. The number of hydrogen-bond donors (Lipinski definition) is 1. The number of aromatic nitrogens is 2. The van der Waals surface area contributed by atoms with Crippen LogP contribution in [0.3, 0.4) is 0 Å². The Morgan fingerprint density at radius 3 is 2.80 bits per heavy atom. The topological polar surface area (TPSA) is 64.3 Å². The van der Waals surface area contributed by atoms with Crippen molar-refractivity contribution in [1.82, 2.24) is 9.78 Å². The van der Waals surface area contributed by atoms with Gasteiger partial charge in [-0.05, 0) is 12.8 Å². The summed E-state index contributed by atoms with van der Waals surface area (Å²) in [6, 6.07) is 0. The van der Waals surface area contributed by atoms with Gasteiger partial charge >= 0.3 is 5.97 Å².